The van der Waals surface area contributed by atoms with E-state index in [1.807, 2.05) is 0 Å². The Morgan fingerprint density at radius 1 is 1.52 bits per heavy atom. The van der Waals surface area contributed by atoms with Gasteiger partial charge >= 0.3 is 5.97 Å². The Labute approximate surface area is 128 Å². The van der Waals surface area contributed by atoms with Crippen molar-refractivity contribution >= 4 is 27.6 Å². The molecule has 1 aromatic rings. The van der Waals surface area contributed by atoms with E-state index in [2.05, 4.69) is 4.74 Å². The number of sulfonamides is 1. The zero-order chi connectivity index (χ0) is 15.6. The van der Waals surface area contributed by atoms with Gasteiger partial charge in [-0.3, -0.25) is 0 Å². The summed E-state index contributed by atoms with van der Waals surface area (Å²) < 4.78 is 31.2. The van der Waals surface area contributed by atoms with Crippen LogP contribution in [0.5, 0.6) is 0 Å². The highest BCUT2D eigenvalue weighted by molar-refractivity contribution is 7.89. The first-order valence-corrected chi connectivity index (χ1v) is 8.33. The fraction of sp³-hybridized carbons (Fsp3) is 0.462. The molecule has 116 valence electrons. The van der Waals surface area contributed by atoms with E-state index in [0.717, 1.165) is 12.8 Å². The van der Waals surface area contributed by atoms with Gasteiger partial charge in [0.15, 0.2) is 0 Å². The Morgan fingerprint density at radius 2 is 2.24 bits per heavy atom. The van der Waals surface area contributed by atoms with Crippen molar-refractivity contribution < 1.29 is 17.9 Å². The first-order valence-electron chi connectivity index (χ1n) is 6.51. The lowest BCUT2D eigenvalue weighted by atomic mass is 10.2. The van der Waals surface area contributed by atoms with Crippen molar-refractivity contribution in [3.05, 3.63) is 28.8 Å². The Hall–Kier alpha value is -1.15. The Bertz CT molecular complexity index is 648. The van der Waals surface area contributed by atoms with Gasteiger partial charge in [0.25, 0.3) is 0 Å². The second-order valence-corrected chi connectivity index (χ2v) is 7.05. The van der Waals surface area contributed by atoms with Gasteiger partial charge in [0.2, 0.25) is 10.0 Å². The van der Waals surface area contributed by atoms with E-state index < -0.39 is 16.0 Å². The number of rotatable bonds is 4. The summed E-state index contributed by atoms with van der Waals surface area (Å²) in [5, 5.41) is 0.000529. The van der Waals surface area contributed by atoms with Crippen molar-refractivity contribution in [3.63, 3.8) is 0 Å². The molecule has 1 atom stereocenters. The number of carbonyl (C=O) groups excluding carboxylic acids is 1. The summed E-state index contributed by atoms with van der Waals surface area (Å²) in [4.78, 5) is 11.4. The summed E-state index contributed by atoms with van der Waals surface area (Å²) in [7, 11) is -2.46. The smallest absolute Gasteiger partial charge is 0.337 e. The zero-order valence-electron chi connectivity index (χ0n) is 11.6. The van der Waals surface area contributed by atoms with E-state index in [-0.39, 0.29) is 28.1 Å². The van der Waals surface area contributed by atoms with Gasteiger partial charge in [-0.15, -0.1) is 0 Å². The van der Waals surface area contributed by atoms with Gasteiger partial charge in [0, 0.05) is 19.1 Å². The van der Waals surface area contributed by atoms with Crippen molar-refractivity contribution in [1.82, 2.24) is 4.31 Å². The van der Waals surface area contributed by atoms with E-state index in [0.29, 0.717) is 6.54 Å². The molecule has 8 heteroatoms. The monoisotopic (exact) mass is 332 g/mol. The Balaban J connectivity index is 2.39. The van der Waals surface area contributed by atoms with Gasteiger partial charge in [-0.05, 0) is 31.0 Å². The van der Waals surface area contributed by atoms with Crippen molar-refractivity contribution in [2.24, 2.45) is 5.73 Å². The van der Waals surface area contributed by atoms with Crippen LogP contribution in [-0.4, -0.2) is 44.9 Å². The maximum Gasteiger partial charge on any atom is 0.337 e. The van der Waals surface area contributed by atoms with E-state index in [9.17, 15) is 13.2 Å². The van der Waals surface area contributed by atoms with Gasteiger partial charge in [-0.25, -0.2) is 13.2 Å². The van der Waals surface area contributed by atoms with Gasteiger partial charge in [-0.2, -0.15) is 4.31 Å². The molecule has 1 fully saturated rings. The van der Waals surface area contributed by atoms with Crippen LogP contribution in [0.2, 0.25) is 5.02 Å². The summed E-state index contributed by atoms with van der Waals surface area (Å²) in [6, 6.07) is 3.81. The molecule has 1 saturated heterocycles. The van der Waals surface area contributed by atoms with Crippen LogP contribution >= 0.6 is 11.6 Å². The van der Waals surface area contributed by atoms with E-state index >= 15 is 0 Å². The van der Waals surface area contributed by atoms with Crippen LogP contribution in [0, 0.1) is 0 Å². The number of halogens is 1. The third-order valence-corrected chi connectivity index (χ3v) is 5.97. The quantitative estimate of drug-likeness (QED) is 0.838. The number of hydrogen-bond donors (Lipinski definition) is 1. The number of esters is 1. The summed E-state index contributed by atoms with van der Waals surface area (Å²) in [6.07, 6.45) is 1.52. The molecule has 0 spiro atoms. The number of nitrogens with zero attached hydrogens (tertiary/aromatic N) is 1. The number of benzene rings is 1. The molecule has 1 aromatic carbocycles. The molecule has 21 heavy (non-hydrogen) atoms. The fourth-order valence-corrected chi connectivity index (χ4v) is 4.67. The molecular formula is C13H17ClN2O4S. The minimum absolute atomic E-state index is 0.000529. The molecule has 0 aliphatic carbocycles. The number of ether oxygens (including phenoxy) is 1. The van der Waals surface area contributed by atoms with Crippen LogP contribution in [0.1, 0.15) is 23.2 Å². The lowest BCUT2D eigenvalue weighted by Crippen LogP contribution is -2.39. The van der Waals surface area contributed by atoms with Crippen LogP contribution in [0.25, 0.3) is 0 Å². The molecule has 0 radical (unpaired) electrons. The molecule has 6 nitrogen and oxygen atoms in total. The molecule has 0 bridgehead atoms. The third kappa shape index (κ3) is 3.06. The fourth-order valence-electron chi connectivity index (χ4n) is 2.44. The highest BCUT2D eigenvalue weighted by Gasteiger charge is 2.35. The number of hydrogen-bond acceptors (Lipinski definition) is 5. The maximum atomic E-state index is 12.6. The SMILES string of the molecule is COC(=O)c1ccc(S(=O)(=O)N2CCCC2CN)c(Cl)c1. The molecule has 0 amide bonds. The van der Waals surface area contributed by atoms with Crippen LogP contribution < -0.4 is 5.73 Å². The molecule has 0 aromatic heterocycles. The standard InChI is InChI=1S/C13H17ClN2O4S/c1-20-13(17)9-4-5-12(11(14)7-9)21(18,19)16-6-2-3-10(16)8-15/h4-5,7,10H,2-3,6,8,15H2,1H3. The summed E-state index contributed by atoms with van der Waals surface area (Å²) >= 11 is 6.04. The lowest BCUT2D eigenvalue weighted by molar-refractivity contribution is 0.0600. The highest BCUT2D eigenvalue weighted by atomic mass is 35.5. The van der Waals surface area contributed by atoms with Crippen LogP contribution in [-0.2, 0) is 14.8 Å². The number of carbonyl (C=O) groups is 1. The third-order valence-electron chi connectivity index (χ3n) is 3.53. The van der Waals surface area contributed by atoms with E-state index in [1.165, 1.54) is 29.6 Å². The summed E-state index contributed by atoms with van der Waals surface area (Å²) in [5.41, 5.74) is 5.83. The number of methoxy groups -OCH3 is 1. The van der Waals surface area contributed by atoms with E-state index in [1.54, 1.807) is 0 Å². The van der Waals surface area contributed by atoms with Crippen LogP contribution in [0.4, 0.5) is 0 Å². The molecule has 2 N–H and O–H groups in total. The normalized spacial score (nSPS) is 19.7. The minimum Gasteiger partial charge on any atom is -0.465 e. The molecule has 1 unspecified atom stereocenters. The second kappa shape index (κ2) is 6.31. The second-order valence-electron chi connectivity index (χ2n) is 4.78. The predicted molar refractivity (Wildman–Crippen MR) is 78.8 cm³/mol. The predicted octanol–water partition coefficient (Wildman–Crippen LogP) is 1.24. The maximum absolute atomic E-state index is 12.6. The van der Waals surface area contributed by atoms with Gasteiger partial charge in [0.05, 0.1) is 17.7 Å². The van der Waals surface area contributed by atoms with Crippen LogP contribution in [0.15, 0.2) is 23.1 Å². The molecular weight excluding hydrogens is 316 g/mol. The molecule has 0 saturated carbocycles. The first kappa shape index (κ1) is 16.2. The average Bonchev–Trinajstić information content (AvgIpc) is 2.95. The van der Waals surface area contributed by atoms with E-state index in [4.69, 9.17) is 17.3 Å². The summed E-state index contributed by atoms with van der Waals surface area (Å²) in [5.74, 6) is -0.568. The van der Waals surface area contributed by atoms with Gasteiger partial charge in [0.1, 0.15) is 4.90 Å². The van der Waals surface area contributed by atoms with Crippen molar-refractivity contribution in [3.8, 4) is 0 Å². The van der Waals surface area contributed by atoms with Gasteiger partial charge < -0.3 is 10.5 Å². The van der Waals surface area contributed by atoms with Crippen molar-refractivity contribution in [2.75, 3.05) is 20.2 Å². The topological polar surface area (TPSA) is 89.7 Å². The summed E-state index contributed by atoms with van der Waals surface area (Å²) in [6.45, 7) is 0.705. The highest BCUT2D eigenvalue weighted by Crippen LogP contribution is 2.30. The average molecular weight is 333 g/mol. The minimum atomic E-state index is -3.71. The van der Waals surface area contributed by atoms with Crippen molar-refractivity contribution in [1.29, 1.82) is 0 Å². The zero-order valence-corrected chi connectivity index (χ0v) is 13.2. The lowest BCUT2D eigenvalue weighted by Gasteiger charge is -2.23. The van der Waals surface area contributed by atoms with Crippen LogP contribution in [0.3, 0.4) is 0 Å². The Morgan fingerprint density at radius 3 is 2.81 bits per heavy atom. The number of nitrogens with two attached hydrogens (primary N) is 1. The molecule has 1 aliphatic rings. The molecule has 1 aliphatic heterocycles. The Kier molecular flexibility index (Phi) is 4.88. The van der Waals surface area contributed by atoms with Crippen molar-refractivity contribution in [2.45, 2.75) is 23.8 Å². The first-order chi connectivity index (χ1) is 9.91. The largest absolute Gasteiger partial charge is 0.465 e. The van der Waals surface area contributed by atoms with Gasteiger partial charge in [-0.1, -0.05) is 11.6 Å². The molecule has 2 rings (SSSR count). The molecule has 1 heterocycles.